The normalized spacial score (nSPS) is 13.4. The molecule has 0 N–H and O–H groups in total. The molecule has 0 aliphatic heterocycles. The quantitative estimate of drug-likeness (QED) is 0.167. The molecule has 0 bridgehead atoms. The first-order chi connectivity index (χ1) is 28.3. The van der Waals surface area contributed by atoms with Gasteiger partial charge >= 0.3 is 0 Å². The van der Waals surface area contributed by atoms with Crippen LogP contribution < -0.4 is 0 Å². The highest BCUT2D eigenvalue weighted by atomic mass is 15.0. The van der Waals surface area contributed by atoms with Crippen LogP contribution in [0.1, 0.15) is 22.6 Å². The number of benzene rings is 9. The van der Waals surface area contributed by atoms with E-state index in [1.54, 1.807) is 0 Å². The highest BCUT2D eigenvalue weighted by Gasteiger charge is 2.30. The van der Waals surface area contributed by atoms with Crippen molar-refractivity contribution in [3.8, 4) is 44.8 Å². The van der Waals surface area contributed by atoms with Crippen molar-refractivity contribution in [3.05, 3.63) is 229 Å². The second-order valence-corrected chi connectivity index (χ2v) is 15.3. The lowest BCUT2D eigenvalue weighted by molar-refractivity contribution is 1.02. The lowest BCUT2D eigenvalue weighted by Gasteiger charge is -2.16. The molecule has 0 spiro atoms. The second kappa shape index (κ2) is 12.6. The molecule has 2 aromatic heterocycles. The van der Waals surface area contributed by atoms with E-state index in [-0.39, 0.29) is 5.92 Å². The van der Waals surface area contributed by atoms with Gasteiger partial charge in [0.15, 0.2) is 0 Å². The van der Waals surface area contributed by atoms with Crippen LogP contribution in [0, 0.1) is 0 Å². The fraction of sp³-hybridized carbons (Fsp3) is 0.0182. The van der Waals surface area contributed by atoms with E-state index in [0.717, 1.165) is 0 Å². The molecule has 12 rings (SSSR count). The average molecular weight is 725 g/mol. The summed E-state index contributed by atoms with van der Waals surface area (Å²) in [5.41, 5.74) is 18.8. The number of fused-ring (bicyclic) bond motifs is 9. The summed E-state index contributed by atoms with van der Waals surface area (Å²) in [6, 6.07) is 78.2. The third kappa shape index (κ3) is 4.91. The van der Waals surface area contributed by atoms with E-state index in [1.165, 1.54) is 105 Å². The zero-order valence-corrected chi connectivity index (χ0v) is 31.2. The topological polar surface area (TPSA) is 9.86 Å². The molecule has 0 amide bonds. The average Bonchev–Trinajstić information content (AvgIpc) is 3.92. The molecule has 2 heteroatoms. The second-order valence-electron chi connectivity index (χ2n) is 15.3. The Balaban J connectivity index is 0.947. The van der Waals surface area contributed by atoms with Gasteiger partial charge in [0.1, 0.15) is 0 Å². The van der Waals surface area contributed by atoms with Crippen molar-refractivity contribution < 1.29 is 0 Å². The Morgan fingerprint density at radius 2 is 0.789 bits per heavy atom. The third-order valence-electron chi connectivity index (χ3n) is 12.2. The lowest BCUT2D eigenvalue weighted by Crippen LogP contribution is -1.99. The molecular formula is C55H36N2. The SMILES string of the molecule is c1ccc(-n2c3ccccc3c3cc(-c4cccc(C5c6ccccc6-c6cc(-c7cccc(-n8c9ccccc9c9ccccc98)c7)ccc65)c4)ccc32)cc1. The van der Waals surface area contributed by atoms with Gasteiger partial charge in [0.05, 0.1) is 22.1 Å². The molecule has 1 unspecified atom stereocenters. The maximum absolute atomic E-state index is 2.42. The largest absolute Gasteiger partial charge is 0.309 e. The van der Waals surface area contributed by atoms with Gasteiger partial charge < -0.3 is 9.13 Å². The Kier molecular flexibility index (Phi) is 7.02. The highest BCUT2D eigenvalue weighted by Crippen LogP contribution is 2.50. The molecule has 0 fully saturated rings. The Bertz CT molecular complexity index is 3310. The fourth-order valence-electron chi connectivity index (χ4n) is 9.67. The summed E-state index contributed by atoms with van der Waals surface area (Å²) >= 11 is 0. The van der Waals surface area contributed by atoms with Crippen LogP contribution in [0.4, 0.5) is 0 Å². The van der Waals surface area contributed by atoms with Gasteiger partial charge in [0, 0.05) is 38.8 Å². The van der Waals surface area contributed by atoms with Crippen LogP contribution in [0.2, 0.25) is 0 Å². The van der Waals surface area contributed by atoms with E-state index in [2.05, 4.69) is 221 Å². The highest BCUT2D eigenvalue weighted by molar-refractivity contribution is 6.11. The van der Waals surface area contributed by atoms with Gasteiger partial charge in [-0.2, -0.15) is 0 Å². The van der Waals surface area contributed by atoms with E-state index >= 15 is 0 Å². The minimum atomic E-state index is 0.151. The summed E-state index contributed by atoms with van der Waals surface area (Å²) in [6.45, 7) is 0. The molecule has 0 saturated carbocycles. The van der Waals surface area contributed by atoms with Gasteiger partial charge in [0.25, 0.3) is 0 Å². The Morgan fingerprint density at radius 1 is 0.281 bits per heavy atom. The van der Waals surface area contributed by atoms with Crippen molar-refractivity contribution in [2.24, 2.45) is 0 Å². The zero-order chi connectivity index (χ0) is 37.5. The molecule has 0 saturated heterocycles. The first-order valence-electron chi connectivity index (χ1n) is 19.8. The van der Waals surface area contributed by atoms with E-state index in [0.29, 0.717) is 0 Å². The summed E-state index contributed by atoms with van der Waals surface area (Å²) in [5, 5.41) is 5.09. The van der Waals surface area contributed by atoms with Crippen molar-refractivity contribution >= 4 is 43.6 Å². The fourth-order valence-corrected chi connectivity index (χ4v) is 9.67. The third-order valence-corrected chi connectivity index (χ3v) is 12.2. The minimum absolute atomic E-state index is 0.151. The van der Waals surface area contributed by atoms with Gasteiger partial charge in [-0.05, 0) is 111 Å². The predicted molar refractivity (Wildman–Crippen MR) is 239 cm³/mol. The minimum Gasteiger partial charge on any atom is -0.309 e. The molecule has 1 aliphatic carbocycles. The van der Waals surface area contributed by atoms with Crippen LogP contribution in [0.5, 0.6) is 0 Å². The van der Waals surface area contributed by atoms with Gasteiger partial charge in [-0.25, -0.2) is 0 Å². The van der Waals surface area contributed by atoms with Crippen molar-refractivity contribution in [3.63, 3.8) is 0 Å². The summed E-state index contributed by atoms with van der Waals surface area (Å²) < 4.78 is 4.78. The molecule has 266 valence electrons. The Morgan fingerprint density at radius 3 is 1.54 bits per heavy atom. The zero-order valence-electron chi connectivity index (χ0n) is 31.2. The van der Waals surface area contributed by atoms with Crippen molar-refractivity contribution in [1.29, 1.82) is 0 Å². The molecular weight excluding hydrogens is 689 g/mol. The monoisotopic (exact) mass is 724 g/mol. The summed E-state index contributed by atoms with van der Waals surface area (Å²) in [7, 11) is 0. The van der Waals surface area contributed by atoms with E-state index in [1.807, 2.05) is 0 Å². The molecule has 0 radical (unpaired) electrons. The number of nitrogens with zero attached hydrogens (tertiary/aromatic N) is 2. The summed E-state index contributed by atoms with van der Waals surface area (Å²) in [6.07, 6.45) is 0. The van der Waals surface area contributed by atoms with Crippen LogP contribution in [0.15, 0.2) is 212 Å². The molecule has 1 atom stereocenters. The molecule has 1 aliphatic rings. The van der Waals surface area contributed by atoms with Gasteiger partial charge in [-0.1, -0.05) is 152 Å². The van der Waals surface area contributed by atoms with E-state index < -0.39 is 0 Å². The Hall–Kier alpha value is -7.42. The number of para-hydroxylation sites is 4. The van der Waals surface area contributed by atoms with Crippen LogP contribution >= 0.6 is 0 Å². The number of hydrogen-bond donors (Lipinski definition) is 0. The Labute approximate surface area is 331 Å². The van der Waals surface area contributed by atoms with E-state index in [9.17, 15) is 0 Å². The van der Waals surface area contributed by atoms with Gasteiger partial charge in [-0.3, -0.25) is 0 Å². The number of hydrogen-bond acceptors (Lipinski definition) is 0. The molecule has 11 aromatic rings. The predicted octanol–water partition coefficient (Wildman–Crippen LogP) is 14.4. The smallest absolute Gasteiger partial charge is 0.0541 e. The van der Waals surface area contributed by atoms with Crippen LogP contribution in [0.25, 0.3) is 88.4 Å². The maximum atomic E-state index is 2.42. The van der Waals surface area contributed by atoms with Gasteiger partial charge in [0.2, 0.25) is 0 Å². The lowest BCUT2D eigenvalue weighted by atomic mass is 9.87. The molecule has 9 aromatic carbocycles. The van der Waals surface area contributed by atoms with Crippen LogP contribution in [0.3, 0.4) is 0 Å². The van der Waals surface area contributed by atoms with Gasteiger partial charge in [-0.15, -0.1) is 0 Å². The molecule has 2 nitrogen and oxygen atoms in total. The number of rotatable bonds is 5. The van der Waals surface area contributed by atoms with E-state index in [4.69, 9.17) is 0 Å². The van der Waals surface area contributed by atoms with Crippen LogP contribution in [-0.2, 0) is 0 Å². The standard InChI is InChI=1S/C55H36N2/c1-2-17-41(18-3-1)56-53-27-11-8-23-46(53)50-35-39(29-31-54(50)56)36-14-12-16-40(32-36)55-47-24-5-4-20-43(47)49-34-38(28-30-48(49)55)37-15-13-19-42(33-37)57-51-25-9-6-21-44(51)45-22-7-10-26-52(45)57/h1-35,55H. The molecule has 2 heterocycles. The number of aromatic nitrogens is 2. The van der Waals surface area contributed by atoms with Crippen molar-refractivity contribution in [2.75, 3.05) is 0 Å². The maximum Gasteiger partial charge on any atom is 0.0541 e. The first-order valence-corrected chi connectivity index (χ1v) is 19.8. The van der Waals surface area contributed by atoms with Crippen molar-refractivity contribution in [1.82, 2.24) is 9.13 Å². The summed E-state index contributed by atoms with van der Waals surface area (Å²) in [5.74, 6) is 0.151. The molecule has 57 heavy (non-hydrogen) atoms. The van der Waals surface area contributed by atoms with Crippen molar-refractivity contribution in [2.45, 2.75) is 5.92 Å². The van der Waals surface area contributed by atoms with Crippen LogP contribution in [-0.4, -0.2) is 9.13 Å². The first kappa shape index (κ1) is 31.9. The summed E-state index contributed by atoms with van der Waals surface area (Å²) in [4.78, 5) is 0.